The minimum atomic E-state index is -1.05. The maximum atomic E-state index is 12.7. The van der Waals surface area contributed by atoms with Crippen molar-refractivity contribution in [2.24, 2.45) is 10.9 Å². The number of hydrogen-bond donors (Lipinski definition) is 1. The number of aryl methyl sites for hydroxylation is 1. The third kappa shape index (κ3) is 6.20. The van der Waals surface area contributed by atoms with Crippen LogP contribution >= 0.6 is 11.6 Å². The Bertz CT molecular complexity index is 1040. The number of carboxylic acids is 1. The van der Waals surface area contributed by atoms with Gasteiger partial charge in [0.1, 0.15) is 5.92 Å². The summed E-state index contributed by atoms with van der Waals surface area (Å²) >= 11 is 6.14. The monoisotopic (exact) mass is 469 g/mol. The van der Waals surface area contributed by atoms with Crippen LogP contribution in [0.5, 0.6) is 0 Å². The average molecular weight is 470 g/mol. The quantitative estimate of drug-likeness (QED) is 0.587. The number of urea groups is 1. The summed E-state index contributed by atoms with van der Waals surface area (Å²) in [5.74, 6) is -1.99. The molecule has 2 atom stereocenters. The first-order valence-corrected chi connectivity index (χ1v) is 11.3. The highest BCUT2D eigenvalue weighted by Gasteiger charge is 2.42. The number of halogens is 1. The van der Waals surface area contributed by atoms with Crippen molar-refractivity contribution < 1.29 is 19.5 Å². The van der Waals surface area contributed by atoms with E-state index in [1.54, 1.807) is 43.1 Å². The van der Waals surface area contributed by atoms with E-state index in [4.69, 9.17) is 11.6 Å². The van der Waals surface area contributed by atoms with Crippen molar-refractivity contribution in [3.05, 3.63) is 70.7 Å². The number of nitrogens with zero attached hydrogens (tertiary/aromatic N) is 3. The van der Waals surface area contributed by atoms with Crippen molar-refractivity contribution in [2.75, 3.05) is 20.1 Å². The molecule has 0 spiro atoms. The lowest BCUT2D eigenvalue weighted by atomic mass is 9.87. The van der Waals surface area contributed by atoms with Crippen LogP contribution in [0.1, 0.15) is 36.9 Å². The van der Waals surface area contributed by atoms with Gasteiger partial charge in [-0.05, 0) is 43.0 Å². The summed E-state index contributed by atoms with van der Waals surface area (Å²) in [6.07, 6.45) is 1.57. The lowest BCUT2D eigenvalue weighted by Crippen LogP contribution is -2.47. The summed E-state index contributed by atoms with van der Waals surface area (Å²) in [6, 6.07) is 15.5. The van der Waals surface area contributed by atoms with E-state index >= 15 is 0 Å². The molecule has 0 saturated carbocycles. The molecule has 1 heterocycles. The molecule has 2 unspecified atom stereocenters. The van der Waals surface area contributed by atoms with E-state index in [9.17, 15) is 19.5 Å². The van der Waals surface area contributed by atoms with Gasteiger partial charge in [0.05, 0.1) is 6.04 Å². The number of aliphatic carboxylic acids is 1. The normalized spacial score (nSPS) is 18.1. The number of rotatable bonds is 9. The van der Waals surface area contributed by atoms with Gasteiger partial charge in [0.25, 0.3) is 0 Å². The van der Waals surface area contributed by atoms with Gasteiger partial charge < -0.3 is 14.9 Å². The number of benzene rings is 2. The van der Waals surface area contributed by atoms with Gasteiger partial charge in [-0.1, -0.05) is 54.1 Å². The Morgan fingerprint density at radius 3 is 2.55 bits per heavy atom. The molecule has 0 saturated heterocycles. The summed E-state index contributed by atoms with van der Waals surface area (Å²) in [5, 5.41) is 10.3. The standard InChI is InChI=1S/C25H28ClN3O4/c1-17-22(24(31)32)23(19-10-6-11-20(26)16-19)29(25(33)27-17)15-7-14-28(2)21(30)13-12-18-8-4-3-5-9-18/h3-6,8-11,16,22-23H,7,12-15H2,1-2H3,(H,31,32). The molecular weight excluding hydrogens is 442 g/mol. The Balaban J connectivity index is 1.66. The van der Waals surface area contributed by atoms with Crippen LogP contribution < -0.4 is 0 Å². The van der Waals surface area contributed by atoms with Crippen LogP contribution in [-0.4, -0.2) is 58.7 Å². The lowest BCUT2D eigenvalue weighted by Gasteiger charge is -2.38. The number of carbonyl (C=O) groups is 3. The van der Waals surface area contributed by atoms with Gasteiger partial charge >= 0.3 is 12.0 Å². The molecule has 1 aliphatic rings. The molecule has 0 aliphatic carbocycles. The van der Waals surface area contributed by atoms with E-state index in [1.807, 2.05) is 30.3 Å². The Kier molecular flexibility index (Phi) is 8.22. The Hall–Kier alpha value is -3.19. The molecular formula is C25H28ClN3O4. The van der Waals surface area contributed by atoms with Crippen molar-refractivity contribution in [3.8, 4) is 0 Å². The third-order valence-electron chi connectivity index (χ3n) is 5.86. The summed E-state index contributed by atoms with van der Waals surface area (Å²) < 4.78 is 0. The second kappa shape index (κ2) is 11.1. The van der Waals surface area contributed by atoms with Gasteiger partial charge in [0, 0.05) is 37.3 Å². The number of aliphatic imine (C=N–C) groups is 1. The van der Waals surface area contributed by atoms with Gasteiger partial charge in [-0.25, -0.2) is 9.79 Å². The first-order chi connectivity index (χ1) is 15.8. The zero-order valence-corrected chi connectivity index (χ0v) is 19.5. The van der Waals surface area contributed by atoms with Crippen molar-refractivity contribution in [3.63, 3.8) is 0 Å². The molecule has 1 N–H and O–H groups in total. The van der Waals surface area contributed by atoms with Crippen LogP contribution in [0.25, 0.3) is 0 Å². The summed E-state index contributed by atoms with van der Waals surface area (Å²) in [5.41, 5.74) is 2.02. The van der Waals surface area contributed by atoms with E-state index in [0.717, 1.165) is 5.56 Å². The molecule has 0 aromatic heterocycles. The maximum Gasteiger partial charge on any atom is 0.344 e. The van der Waals surface area contributed by atoms with E-state index < -0.39 is 24.0 Å². The van der Waals surface area contributed by atoms with E-state index in [2.05, 4.69) is 4.99 Å². The molecule has 7 nitrogen and oxygen atoms in total. The largest absolute Gasteiger partial charge is 0.481 e. The predicted molar refractivity (Wildman–Crippen MR) is 128 cm³/mol. The Morgan fingerprint density at radius 2 is 1.88 bits per heavy atom. The molecule has 3 rings (SSSR count). The van der Waals surface area contributed by atoms with Gasteiger partial charge in [-0.15, -0.1) is 0 Å². The minimum absolute atomic E-state index is 0.0208. The van der Waals surface area contributed by atoms with Crippen LogP contribution in [0.4, 0.5) is 4.79 Å². The Morgan fingerprint density at radius 1 is 1.15 bits per heavy atom. The van der Waals surface area contributed by atoms with Crippen molar-refractivity contribution in [2.45, 2.75) is 32.2 Å². The molecule has 174 valence electrons. The first-order valence-electron chi connectivity index (χ1n) is 10.9. The summed E-state index contributed by atoms with van der Waals surface area (Å²) in [4.78, 5) is 44.4. The SMILES string of the molecule is CC1=NC(=O)N(CCCN(C)C(=O)CCc2ccccc2)C(c2cccc(Cl)c2)C1C(=O)O. The number of carboxylic acid groups (broad SMARTS) is 1. The van der Waals surface area contributed by atoms with Crippen molar-refractivity contribution in [1.29, 1.82) is 0 Å². The topological polar surface area (TPSA) is 90.3 Å². The Labute approximate surface area is 198 Å². The summed E-state index contributed by atoms with van der Waals surface area (Å²) in [6.45, 7) is 2.28. The fourth-order valence-electron chi connectivity index (χ4n) is 4.11. The van der Waals surface area contributed by atoms with Gasteiger partial charge in [0.2, 0.25) is 5.91 Å². The van der Waals surface area contributed by atoms with Crippen LogP contribution in [-0.2, 0) is 16.0 Å². The number of carbonyl (C=O) groups excluding carboxylic acids is 2. The zero-order valence-electron chi connectivity index (χ0n) is 18.8. The highest BCUT2D eigenvalue weighted by atomic mass is 35.5. The van der Waals surface area contributed by atoms with Crippen LogP contribution in [0.2, 0.25) is 5.02 Å². The van der Waals surface area contributed by atoms with Crippen LogP contribution in [0.15, 0.2) is 59.6 Å². The zero-order chi connectivity index (χ0) is 24.0. The molecule has 0 radical (unpaired) electrons. The number of amides is 3. The molecule has 8 heteroatoms. The van der Waals surface area contributed by atoms with Gasteiger partial charge in [0.15, 0.2) is 0 Å². The molecule has 2 aromatic carbocycles. The first kappa shape index (κ1) is 24.5. The van der Waals surface area contributed by atoms with Crippen LogP contribution in [0, 0.1) is 5.92 Å². The second-order valence-electron chi connectivity index (χ2n) is 8.20. The number of hydrogen-bond acceptors (Lipinski definition) is 3. The van der Waals surface area contributed by atoms with Gasteiger partial charge in [-0.3, -0.25) is 9.59 Å². The molecule has 1 aliphatic heterocycles. The summed E-state index contributed by atoms with van der Waals surface area (Å²) in [7, 11) is 1.74. The lowest BCUT2D eigenvalue weighted by molar-refractivity contribution is -0.141. The van der Waals surface area contributed by atoms with E-state index in [-0.39, 0.29) is 18.2 Å². The van der Waals surface area contributed by atoms with Crippen molar-refractivity contribution >= 4 is 35.2 Å². The highest BCUT2D eigenvalue weighted by molar-refractivity contribution is 6.30. The molecule has 3 amide bonds. The average Bonchev–Trinajstić information content (AvgIpc) is 2.78. The van der Waals surface area contributed by atoms with Gasteiger partial charge in [-0.2, -0.15) is 0 Å². The molecule has 0 bridgehead atoms. The fourth-order valence-corrected chi connectivity index (χ4v) is 4.31. The molecule has 2 aromatic rings. The van der Waals surface area contributed by atoms with Crippen LogP contribution in [0.3, 0.4) is 0 Å². The van der Waals surface area contributed by atoms with E-state index in [0.29, 0.717) is 36.4 Å². The fraction of sp³-hybridized carbons (Fsp3) is 0.360. The predicted octanol–water partition coefficient (Wildman–Crippen LogP) is 4.46. The minimum Gasteiger partial charge on any atom is -0.481 e. The smallest absolute Gasteiger partial charge is 0.344 e. The third-order valence-corrected chi connectivity index (χ3v) is 6.10. The molecule has 0 fully saturated rings. The van der Waals surface area contributed by atoms with E-state index in [1.165, 1.54) is 4.90 Å². The van der Waals surface area contributed by atoms with Crippen molar-refractivity contribution in [1.82, 2.24) is 9.80 Å². The molecule has 33 heavy (non-hydrogen) atoms. The highest BCUT2D eigenvalue weighted by Crippen LogP contribution is 2.35. The second-order valence-corrected chi connectivity index (χ2v) is 8.64. The maximum absolute atomic E-state index is 12.7.